The molecule has 1 aliphatic heterocycles. The maximum absolute atomic E-state index is 12.0. The fraction of sp³-hybridized carbons (Fsp3) is 0.267. The van der Waals surface area contributed by atoms with Crippen LogP contribution in [0.4, 0.5) is 0 Å². The number of benzene rings is 1. The molecule has 0 spiro atoms. The molecule has 4 nitrogen and oxygen atoms in total. The van der Waals surface area contributed by atoms with E-state index in [2.05, 4.69) is 0 Å². The predicted octanol–water partition coefficient (Wildman–Crippen LogP) is 2.30. The lowest BCUT2D eigenvalue weighted by Gasteiger charge is -2.25. The number of amides is 1. The van der Waals surface area contributed by atoms with Gasteiger partial charge in [-0.1, -0.05) is 18.2 Å². The predicted molar refractivity (Wildman–Crippen MR) is 72.6 cm³/mol. The molecule has 4 heteroatoms. The van der Waals surface area contributed by atoms with E-state index in [1.807, 2.05) is 30.3 Å². The molecule has 1 amide bonds. The fourth-order valence-corrected chi connectivity index (χ4v) is 2.18. The molecule has 0 N–H and O–H groups in total. The van der Waals surface area contributed by atoms with Crippen LogP contribution < -0.4 is 0 Å². The summed E-state index contributed by atoms with van der Waals surface area (Å²) in [4.78, 5) is 13.8. The molecule has 0 saturated carbocycles. The second-order valence-corrected chi connectivity index (χ2v) is 4.46. The van der Waals surface area contributed by atoms with E-state index in [-0.39, 0.29) is 5.91 Å². The van der Waals surface area contributed by atoms with Crippen molar-refractivity contribution in [3.05, 3.63) is 42.2 Å². The zero-order valence-corrected chi connectivity index (χ0v) is 10.5. The first-order chi connectivity index (χ1) is 9.34. The number of hydrogen-bond acceptors (Lipinski definition) is 3. The third kappa shape index (κ3) is 2.53. The Morgan fingerprint density at radius 3 is 2.84 bits per heavy atom. The van der Waals surface area contributed by atoms with Gasteiger partial charge in [0, 0.05) is 30.1 Å². The van der Waals surface area contributed by atoms with E-state index >= 15 is 0 Å². The average molecular weight is 257 g/mol. The number of rotatable bonds is 2. The smallest absolute Gasteiger partial charge is 0.246 e. The summed E-state index contributed by atoms with van der Waals surface area (Å²) in [5.41, 5.74) is 1.76. The molecule has 3 rings (SSSR count). The number of para-hydroxylation sites is 1. The first-order valence-corrected chi connectivity index (χ1v) is 6.35. The van der Waals surface area contributed by atoms with E-state index in [0.717, 1.165) is 16.5 Å². The fourth-order valence-electron chi connectivity index (χ4n) is 2.18. The van der Waals surface area contributed by atoms with Crippen LogP contribution in [0.15, 0.2) is 41.0 Å². The van der Waals surface area contributed by atoms with Crippen LogP contribution in [-0.4, -0.2) is 37.1 Å². The third-order valence-corrected chi connectivity index (χ3v) is 3.24. The Bertz CT molecular complexity index is 609. The number of ether oxygens (including phenoxy) is 1. The summed E-state index contributed by atoms with van der Waals surface area (Å²) in [6, 6.07) is 7.78. The zero-order valence-electron chi connectivity index (χ0n) is 10.5. The molecule has 1 fully saturated rings. The van der Waals surface area contributed by atoms with E-state index in [0.29, 0.717) is 26.3 Å². The van der Waals surface area contributed by atoms with Crippen molar-refractivity contribution >= 4 is 23.0 Å². The Hall–Kier alpha value is -2.07. The SMILES string of the molecule is O=C(/C=C/c1coc2ccccc12)N1CCOCC1. The van der Waals surface area contributed by atoms with Crippen LogP contribution in [0.25, 0.3) is 17.0 Å². The molecule has 98 valence electrons. The summed E-state index contributed by atoms with van der Waals surface area (Å²) in [6.07, 6.45) is 5.08. The molecule has 1 aliphatic rings. The highest BCUT2D eigenvalue weighted by Crippen LogP contribution is 2.21. The van der Waals surface area contributed by atoms with E-state index < -0.39 is 0 Å². The first kappa shape index (κ1) is 12.0. The van der Waals surface area contributed by atoms with Gasteiger partial charge < -0.3 is 14.1 Å². The van der Waals surface area contributed by atoms with Crippen molar-refractivity contribution in [2.24, 2.45) is 0 Å². The van der Waals surface area contributed by atoms with Crippen molar-refractivity contribution in [3.8, 4) is 0 Å². The van der Waals surface area contributed by atoms with E-state index in [4.69, 9.17) is 9.15 Å². The van der Waals surface area contributed by atoms with Crippen molar-refractivity contribution in [2.45, 2.75) is 0 Å². The van der Waals surface area contributed by atoms with Crippen LogP contribution in [0.2, 0.25) is 0 Å². The lowest BCUT2D eigenvalue weighted by molar-refractivity contribution is -0.129. The highest BCUT2D eigenvalue weighted by molar-refractivity contribution is 5.95. The Morgan fingerprint density at radius 2 is 2.00 bits per heavy atom. The number of morpholine rings is 1. The van der Waals surface area contributed by atoms with Crippen LogP contribution in [0, 0.1) is 0 Å². The molecule has 0 unspecified atom stereocenters. The molecule has 2 aromatic rings. The molecule has 0 radical (unpaired) electrons. The van der Waals surface area contributed by atoms with Gasteiger partial charge in [0.1, 0.15) is 5.58 Å². The average Bonchev–Trinajstić information content (AvgIpc) is 2.89. The minimum absolute atomic E-state index is 0.0218. The molecule has 1 aromatic heterocycles. The van der Waals surface area contributed by atoms with Crippen LogP contribution in [0.1, 0.15) is 5.56 Å². The van der Waals surface area contributed by atoms with Gasteiger partial charge in [-0.2, -0.15) is 0 Å². The van der Waals surface area contributed by atoms with Crippen LogP contribution in [0.3, 0.4) is 0 Å². The van der Waals surface area contributed by atoms with E-state index in [1.165, 1.54) is 0 Å². The van der Waals surface area contributed by atoms with Crippen LogP contribution in [0.5, 0.6) is 0 Å². The Kier molecular flexibility index (Phi) is 3.33. The Balaban J connectivity index is 1.76. The van der Waals surface area contributed by atoms with Gasteiger partial charge in [-0.15, -0.1) is 0 Å². The van der Waals surface area contributed by atoms with Gasteiger partial charge in [-0.05, 0) is 12.1 Å². The lowest BCUT2D eigenvalue weighted by atomic mass is 10.1. The molecular formula is C15H15NO3. The van der Waals surface area contributed by atoms with Crippen molar-refractivity contribution in [1.82, 2.24) is 4.90 Å². The molecular weight excluding hydrogens is 242 g/mol. The van der Waals surface area contributed by atoms with Gasteiger partial charge >= 0.3 is 0 Å². The summed E-state index contributed by atoms with van der Waals surface area (Å²) in [5.74, 6) is 0.0218. The van der Waals surface area contributed by atoms with E-state index in [1.54, 1.807) is 17.2 Å². The minimum atomic E-state index is 0.0218. The quantitative estimate of drug-likeness (QED) is 0.775. The molecule has 1 aromatic carbocycles. The maximum atomic E-state index is 12.0. The minimum Gasteiger partial charge on any atom is -0.464 e. The molecule has 0 bridgehead atoms. The second kappa shape index (κ2) is 5.28. The number of hydrogen-bond donors (Lipinski definition) is 0. The Labute approximate surface area is 111 Å². The number of furan rings is 1. The Morgan fingerprint density at radius 1 is 1.21 bits per heavy atom. The van der Waals surface area contributed by atoms with Crippen molar-refractivity contribution in [1.29, 1.82) is 0 Å². The molecule has 0 aliphatic carbocycles. The molecule has 1 saturated heterocycles. The lowest BCUT2D eigenvalue weighted by Crippen LogP contribution is -2.39. The highest BCUT2D eigenvalue weighted by atomic mass is 16.5. The van der Waals surface area contributed by atoms with Gasteiger partial charge in [-0.3, -0.25) is 4.79 Å². The summed E-state index contributed by atoms with van der Waals surface area (Å²) in [6.45, 7) is 2.56. The number of fused-ring (bicyclic) bond motifs is 1. The topological polar surface area (TPSA) is 42.7 Å². The van der Waals surface area contributed by atoms with Gasteiger partial charge in [0.25, 0.3) is 0 Å². The summed E-state index contributed by atoms with van der Waals surface area (Å²) < 4.78 is 10.7. The zero-order chi connectivity index (χ0) is 13.1. The van der Waals surface area contributed by atoms with Crippen LogP contribution in [-0.2, 0) is 9.53 Å². The molecule has 0 atom stereocenters. The number of nitrogens with zero attached hydrogens (tertiary/aromatic N) is 1. The second-order valence-electron chi connectivity index (χ2n) is 4.46. The maximum Gasteiger partial charge on any atom is 0.246 e. The van der Waals surface area contributed by atoms with Crippen molar-refractivity contribution in [2.75, 3.05) is 26.3 Å². The normalized spacial score (nSPS) is 16.3. The third-order valence-electron chi connectivity index (χ3n) is 3.24. The number of carbonyl (C=O) groups excluding carboxylic acids is 1. The standard InChI is InChI=1S/C15H15NO3/c17-15(16-7-9-18-10-8-16)6-5-12-11-19-14-4-2-1-3-13(12)14/h1-6,11H,7-10H2/b6-5+. The molecule has 19 heavy (non-hydrogen) atoms. The van der Waals surface area contributed by atoms with Crippen LogP contribution >= 0.6 is 0 Å². The van der Waals surface area contributed by atoms with Gasteiger partial charge in [0.05, 0.1) is 19.5 Å². The van der Waals surface area contributed by atoms with Crippen molar-refractivity contribution < 1.29 is 13.9 Å². The number of carbonyl (C=O) groups is 1. The van der Waals surface area contributed by atoms with Gasteiger partial charge in [-0.25, -0.2) is 0 Å². The monoisotopic (exact) mass is 257 g/mol. The summed E-state index contributed by atoms with van der Waals surface area (Å²) in [7, 11) is 0. The van der Waals surface area contributed by atoms with Gasteiger partial charge in [0.15, 0.2) is 0 Å². The van der Waals surface area contributed by atoms with E-state index in [9.17, 15) is 4.79 Å². The molecule has 2 heterocycles. The summed E-state index contributed by atoms with van der Waals surface area (Å²) in [5, 5.41) is 1.02. The van der Waals surface area contributed by atoms with Crippen molar-refractivity contribution in [3.63, 3.8) is 0 Å². The van der Waals surface area contributed by atoms with Gasteiger partial charge in [0.2, 0.25) is 5.91 Å². The first-order valence-electron chi connectivity index (χ1n) is 6.35. The highest BCUT2D eigenvalue weighted by Gasteiger charge is 2.14. The summed E-state index contributed by atoms with van der Waals surface area (Å²) >= 11 is 0. The largest absolute Gasteiger partial charge is 0.464 e.